The Morgan fingerprint density at radius 1 is 1.17 bits per heavy atom. The molecule has 0 aliphatic rings. The van der Waals surface area contributed by atoms with Gasteiger partial charge >= 0.3 is 0 Å². The molecule has 0 N–H and O–H groups in total. The van der Waals surface area contributed by atoms with Gasteiger partial charge < -0.3 is 0 Å². The Morgan fingerprint density at radius 2 is 1.75 bits per heavy atom. The van der Waals surface area contributed by atoms with Gasteiger partial charge in [-0.2, -0.15) is 0 Å². The van der Waals surface area contributed by atoms with Crippen molar-refractivity contribution in [2.24, 2.45) is 5.92 Å². The smallest absolute Gasteiger partial charge is 0.0346 e. The monoisotopic (exact) mass is 167 g/mol. The van der Waals surface area contributed by atoms with Crippen LogP contribution < -0.4 is 0 Å². The minimum atomic E-state index is 0.886. The second-order valence-electron chi connectivity index (χ2n) is 3.95. The average Bonchev–Trinajstić information content (AvgIpc) is 2.00. The normalized spacial score (nSPS) is 12.7. The van der Waals surface area contributed by atoms with Gasteiger partial charge in [-0.25, -0.2) is 0 Å². The van der Waals surface area contributed by atoms with Gasteiger partial charge in [0.15, 0.2) is 0 Å². The van der Waals surface area contributed by atoms with Crippen LogP contribution in [0.5, 0.6) is 0 Å². The molecule has 0 aromatic rings. The first-order valence-corrected chi connectivity index (χ1v) is 5.08. The van der Waals surface area contributed by atoms with Crippen LogP contribution in [0.4, 0.5) is 0 Å². The first-order valence-electron chi connectivity index (χ1n) is 5.08. The third-order valence-corrected chi connectivity index (χ3v) is 2.16. The molecule has 0 aromatic carbocycles. The van der Waals surface area contributed by atoms with Crippen molar-refractivity contribution in [1.29, 1.82) is 0 Å². The zero-order valence-corrected chi connectivity index (χ0v) is 9.06. The van der Waals surface area contributed by atoms with Gasteiger partial charge in [-0.05, 0) is 39.0 Å². The van der Waals surface area contributed by atoms with Crippen molar-refractivity contribution in [3.63, 3.8) is 0 Å². The Hall–Kier alpha value is -0.260. The van der Waals surface area contributed by atoms with E-state index in [0.717, 1.165) is 5.92 Å². The van der Waals surface area contributed by atoms with Gasteiger partial charge in [-0.3, -0.25) is 0 Å². The zero-order chi connectivity index (χ0) is 9.40. The number of unbranched alkanes of at least 4 members (excludes halogenated alkanes) is 1. The molecule has 71 valence electrons. The van der Waals surface area contributed by atoms with Crippen LogP contribution >= 0.6 is 0 Å². The van der Waals surface area contributed by atoms with Gasteiger partial charge in [0.25, 0.3) is 0 Å². The van der Waals surface area contributed by atoms with Crippen molar-refractivity contribution in [2.45, 2.75) is 53.4 Å². The Balaban J connectivity index is 3.31. The third kappa shape index (κ3) is 7.84. The van der Waals surface area contributed by atoms with E-state index in [9.17, 15) is 0 Å². The fraction of sp³-hybridized carbons (Fsp3) is 0.750. The lowest BCUT2D eigenvalue weighted by molar-refractivity contribution is 0.494. The number of allylic oxidation sites excluding steroid dienone is 2. The van der Waals surface area contributed by atoms with Gasteiger partial charge in [0, 0.05) is 0 Å². The van der Waals surface area contributed by atoms with Crippen molar-refractivity contribution in [2.75, 3.05) is 0 Å². The van der Waals surface area contributed by atoms with Gasteiger partial charge in [0.2, 0.25) is 0 Å². The van der Waals surface area contributed by atoms with Gasteiger partial charge in [-0.15, -0.1) is 0 Å². The summed E-state index contributed by atoms with van der Waals surface area (Å²) >= 11 is 0. The number of hydrogen-bond donors (Lipinski definition) is 0. The maximum Gasteiger partial charge on any atom is -0.0346 e. The number of hydrogen-bond acceptors (Lipinski definition) is 0. The molecule has 0 saturated carbocycles. The minimum Gasteiger partial charge on any atom is -0.0859 e. The Bertz CT molecular complexity index is 118. The van der Waals surface area contributed by atoms with E-state index in [2.05, 4.69) is 40.2 Å². The predicted molar refractivity (Wildman–Crippen MR) is 57.0 cm³/mol. The van der Waals surface area contributed by atoms with E-state index in [-0.39, 0.29) is 0 Å². The van der Waals surface area contributed by atoms with Crippen LogP contribution in [0, 0.1) is 12.3 Å². The summed E-state index contributed by atoms with van der Waals surface area (Å²) in [6.45, 7) is 8.83. The van der Waals surface area contributed by atoms with E-state index in [1.54, 1.807) is 0 Å². The molecule has 0 amide bonds. The van der Waals surface area contributed by atoms with Crippen LogP contribution in [-0.2, 0) is 0 Å². The average molecular weight is 167 g/mol. The fourth-order valence-corrected chi connectivity index (χ4v) is 1.25. The highest BCUT2D eigenvalue weighted by atomic mass is 14.0. The molecule has 1 atom stereocenters. The predicted octanol–water partition coefficient (Wildman–Crippen LogP) is 4.37. The summed E-state index contributed by atoms with van der Waals surface area (Å²) in [5.41, 5.74) is 1.45. The molecule has 1 radical (unpaired) electrons. The van der Waals surface area contributed by atoms with Gasteiger partial charge in [0.05, 0.1) is 0 Å². The van der Waals surface area contributed by atoms with E-state index in [4.69, 9.17) is 0 Å². The third-order valence-electron chi connectivity index (χ3n) is 2.16. The molecule has 12 heavy (non-hydrogen) atoms. The summed E-state index contributed by atoms with van der Waals surface area (Å²) in [5, 5.41) is 0. The minimum absolute atomic E-state index is 0.886. The van der Waals surface area contributed by atoms with Crippen LogP contribution in [0.1, 0.15) is 53.4 Å². The molecule has 1 unspecified atom stereocenters. The van der Waals surface area contributed by atoms with E-state index < -0.39 is 0 Å². The summed E-state index contributed by atoms with van der Waals surface area (Å²) in [6.07, 6.45) is 9.83. The van der Waals surface area contributed by atoms with Gasteiger partial charge in [0.1, 0.15) is 0 Å². The second-order valence-corrected chi connectivity index (χ2v) is 3.95. The van der Waals surface area contributed by atoms with Gasteiger partial charge in [-0.1, -0.05) is 38.3 Å². The molecule has 0 aliphatic carbocycles. The molecule has 0 rings (SSSR count). The lowest BCUT2D eigenvalue weighted by Gasteiger charge is -2.08. The second kappa shape index (κ2) is 7.39. The van der Waals surface area contributed by atoms with Crippen molar-refractivity contribution in [1.82, 2.24) is 0 Å². The highest BCUT2D eigenvalue weighted by molar-refractivity contribution is 4.92. The summed E-state index contributed by atoms with van der Waals surface area (Å²) in [6, 6.07) is 0. The van der Waals surface area contributed by atoms with E-state index >= 15 is 0 Å². The number of rotatable bonds is 6. The molecule has 0 bridgehead atoms. The molecule has 0 saturated heterocycles. The molecule has 0 spiro atoms. The lowest BCUT2D eigenvalue weighted by atomic mass is 9.98. The standard InChI is InChI=1S/C12H23/c1-5-6-9-12(4)10-7-8-11(2)3/h5,8,12H,6-7,9-10H2,1-4H3. The largest absolute Gasteiger partial charge is 0.0859 e. The summed E-state index contributed by atoms with van der Waals surface area (Å²) in [7, 11) is 0. The van der Waals surface area contributed by atoms with E-state index in [0.29, 0.717) is 0 Å². The maximum absolute atomic E-state index is 2.35. The highest BCUT2D eigenvalue weighted by Crippen LogP contribution is 2.14. The summed E-state index contributed by atoms with van der Waals surface area (Å²) < 4.78 is 0. The van der Waals surface area contributed by atoms with Crippen LogP contribution in [0.25, 0.3) is 0 Å². The molecule has 0 heterocycles. The lowest BCUT2D eigenvalue weighted by Crippen LogP contribution is -1.93. The summed E-state index contributed by atoms with van der Waals surface area (Å²) in [4.78, 5) is 0. The van der Waals surface area contributed by atoms with Crippen LogP contribution in [0.2, 0.25) is 0 Å². The molecular formula is C12H23. The molecule has 0 fully saturated rings. The van der Waals surface area contributed by atoms with Crippen molar-refractivity contribution < 1.29 is 0 Å². The Labute approximate surface area is 78.1 Å². The van der Waals surface area contributed by atoms with E-state index in [1.807, 2.05) is 0 Å². The first kappa shape index (κ1) is 11.7. The van der Waals surface area contributed by atoms with Crippen molar-refractivity contribution in [3.8, 4) is 0 Å². The van der Waals surface area contributed by atoms with Crippen molar-refractivity contribution in [3.05, 3.63) is 18.1 Å². The van der Waals surface area contributed by atoms with E-state index in [1.165, 1.54) is 31.3 Å². The first-order chi connectivity index (χ1) is 5.66. The molecule has 0 nitrogen and oxygen atoms in total. The van der Waals surface area contributed by atoms with Crippen molar-refractivity contribution >= 4 is 0 Å². The molecular weight excluding hydrogens is 144 g/mol. The van der Waals surface area contributed by atoms with Crippen LogP contribution in [-0.4, -0.2) is 0 Å². The summed E-state index contributed by atoms with van der Waals surface area (Å²) in [5.74, 6) is 0.886. The Kier molecular flexibility index (Phi) is 7.23. The van der Waals surface area contributed by atoms with Crippen LogP contribution in [0.3, 0.4) is 0 Å². The zero-order valence-electron chi connectivity index (χ0n) is 9.06. The Morgan fingerprint density at radius 3 is 2.25 bits per heavy atom. The quantitative estimate of drug-likeness (QED) is 0.515. The topological polar surface area (TPSA) is 0 Å². The molecule has 0 heteroatoms. The fourth-order valence-electron chi connectivity index (χ4n) is 1.25. The maximum atomic E-state index is 2.35. The molecule has 0 aromatic heterocycles. The SMILES string of the molecule is C[CH]CCC(C)CCC=C(C)C. The van der Waals surface area contributed by atoms with Crippen LogP contribution in [0.15, 0.2) is 11.6 Å². The molecule has 0 aliphatic heterocycles. The highest BCUT2D eigenvalue weighted by Gasteiger charge is 1.98.